The van der Waals surface area contributed by atoms with E-state index in [2.05, 4.69) is 11.9 Å². The standard InChI is InChI=1S/C15H18N2OS/c1-3-4-9-17(2)15(18)12-7-8-13(16-11-12)14-6-5-10-19-14/h5-8,10-11H,3-4,9H2,1-2H3. The van der Waals surface area contributed by atoms with Gasteiger partial charge in [0, 0.05) is 19.8 Å². The predicted octanol–water partition coefficient (Wildman–Crippen LogP) is 3.68. The Kier molecular flexibility index (Phi) is 4.68. The highest BCUT2D eigenvalue weighted by atomic mass is 32.1. The maximum absolute atomic E-state index is 12.1. The lowest BCUT2D eigenvalue weighted by Crippen LogP contribution is -2.27. The summed E-state index contributed by atoms with van der Waals surface area (Å²) in [5.41, 5.74) is 1.57. The fourth-order valence-corrected chi connectivity index (χ4v) is 2.51. The van der Waals surface area contributed by atoms with Crippen molar-refractivity contribution in [2.24, 2.45) is 0 Å². The summed E-state index contributed by atoms with van der Waals surface area (Å²) in [6.45, 7) is 2.91. The van der Waals surface area contributed by atoms with Crippen molar-refractivity contribution in [1.82, 2.24) is 9.88 Å². The number of carbonyl (C=O) groups is 1. The molecular formula is C15H18N2OS. The second-order valence-electron chi connectivity index (χ2n) is 4.49. The van der Waals surface area contributed by atoms with Crippen LogP contribution < -0.4 is 0 Å². The normalized spacial score (nSPS) is 10.4. The molecule has 0 unspecified atom stereocenters. The van der Waals surface area contributed by atoms with Crippen LogP contribution in [0.25, 0.3) is 10.6 Å². The summed E-state index contributed by atoms with van der Waals surface area (Å²) in [5, 5.41) is 2.02. The summed E-state index contributed by atoms with van der Waals surface area (Å²) in [6.07, 6.45) is 3.79. The summed E-state index contributed by atoms with van der Waals surface area (Å²) in [4.78, 5) is 19.4. The van der Waals surface area contributed by atoms with Gasteiger partial charge >= 0.3 is 0 Å². The molecule has 0 fully saturated rings. The topological polar surface area (TPSA) is 33.2 Å². The Morgan fingerprint density at radius 3 is 2.79 bits per heavy atom. The Labute approximate surface area is 117 Å². The van der Waals surface area contributed by atoms with Crippen molar-refractivity contribution >= 4 is 17.2 Å². The molecule has 0 saturated heterocycles. The first-order valence-corrected chi connectivity index (χ1v) is 7.35. The molecule has 0 aliphatic carbocycles. The maximum atomic E-state index is 12.1. The monoisotopic (exact) mass is 274 g/mol. The highest BCUT2D eigenvalue weighted by Crippen LogP contribution is 2.22. The van der Waals surface area contributed by atoms with Gasteiger partial charge in [-0.2, -0.15) is 0 Å². The first kappa shape index (κ1) is 13.7. The van der Waals surface area contributed by atoms with E-state index >= 15 is 0 Å². The summed E-state index contributed by atoms with van der Waals surface area (Å²) < 4.78 is 0. The van der Waals surface area contributed by atoms with E-state index in [-0.39, 0.29) is 5.91 Å². The van der Waals surface area contributed by atoms with Gasteiger partial charge in [-0.05, 0) is 30.0 Å². The minimum atomic E-state index is 0.0404. The SMILES string of the molecule is CCCCN(C)C(=O)c1ccc(-c2cccs2)nc1. The molecule has 0 bridgehead atoms. The molecule has 2 aromatic heterocycles. The number of hydrogen-bond donors (Lipinski definition) is 0. The van der Waals surface area contributed by atoms with E-state index < -0.39 is 0 Å². The van der Waals surface area contributed by atoms with Crippen LogP contribution in [-0.4, -0.2) is 29.4 Å². The van der Waals surface area contributed by atoms with Crippen LogP contribution in [0.4, 0.5) is 0 Å². The summed E-state index contributed by atoms with van der Waals surface area (Å²) in [6, 6.07) is 7.79. The molecule has 0 aromatic carbocycles. The predicted molar refractivity (Wildman–Crippen MR) is 79.4 cm³/mol. The van der Waals surface area contributed by atoms with Crippen LogP contribution in [0.1, 0.15) is 30.1 Å². The van der Waals surface area contributed by atoms with Crippen molar-refractivity contribution in [2.45, 2.75) is 19.8 Å². The van der Waals surface area contributed by atoms with E-state index in [1.807, 2.05) is 36.7 Å². The second-order valence-corrected chi connectivity index (χ2v) is 5.44. The summed E-state index contributed by atoms with van der Waals surface area (Å²) >= 11 is 1.65. The number of carbonyl (C=O) groups excluding carboxylic acids is 1. The van der Waals surface area contributed by atoms with Crippen molar-refractivity contribution in [3.05, 3.63) is 41.4 Å². The van der Waals surface area contributed by atoms with Crippen LogP contribution in [0.2, 0.25) is 0 Å². The van der Waals surface area contributed by atoms with Crippen molar-refractivity contribution in [2.75, 3.05) is 13.6 Å². The van der Waals surface area contributed by atoms with E-state index in [1.165, 1.54) is 0 Å². The molecule has 0 atom stereocenters. The minimum Gasteiger partial charge on any atom is -0.342 e. The molecule has 0 radical (unpaired) electrons. The summed E-state index contributed by atoms with van der Waals surface area (Å²) in [5.74, 6) is 0.0404. The van der Waals surface area contributed by atoms with Crippen LogP contribution in [-0.2, 0) is 0 Å². The highest BCUT2D eigenvalue weighted by molar-refractivity contribution is 7.13. The van der Waals surface area contributed by atoms with Crippen LogP contribution in [0.5, 0.6) is 0 Å². The smallest absolute Gasteiger partial charge is 0.255 e. The number of unbranched alkanes of at least 4 members (excludes halogenated alkanes) is 1. The molecule has 4 heteroatoms. The summed E-state index contributed by atoms with van der Waals surface area (Å²) in [7, 11) is 1.84. The number of pyridine rings is 1. The number of hydrogen-bond acceptors (Lipinski definition) is 3. The van der Waals surface area contributed by atoms with Gasteiger partial charge < -0.3 is 4.90 Å². The minimum absolute atomic E-state index is 0.0404. The lowest BCUT2D eigenvalue weighted by atomic mass is 10.2. The highest BCUT2D eigenvalue weighted by Gasteiger charge is 2.11. The Morgan fingerprint density at radius 1 is 1.37 bits per heavy atom. The fourth-order valence-electron chi connectivity index (χ4n) is 1.81. The maximum Gasteiger partial charge on any atom is 0.255 e. The van der Waals surface area contributed by atoms with Crippen LogP contribution in [0, 0.1) is 0 Å². The van der Waals surface area contributed by atoms with Gasteiger partial charge in [-0.1, -0.05) is 19.4 Å². The molecule has 0 aliphatic heterocycles. The van der Waals surface area contributed by atoms with E-state index in [1.54, 1.807) is 22.4 Å². The largest absolute Gasteiger partial charge is 0.342 e. The zero-order chi connectivity index (χ0) is 13.7. The Balaban J connectivity index is 2.08. The van der Waals surface area contributed by atoms with Crippen LogP contribution >= 0.6 is 11.3 Å². The number of aromatic nitrogens is 1. The van der Waals surface area contributed by atoms with Gasteiger partial charge in [-0.25, -0.2) is 0 Å². The zero-order valence-electron chi connectivity index (χ0n) is 11.3. The van der Waals surface area contributed by atoms with Gasteiger partial charge in [0.1, 0.15) is 0 Å². The van der Waals surface area contributed by atoms with Gasteiger partial charge in [-0.3, -0.25) is 9.78 Å². The molecule has 2 heterocycles. The van der Waals surface area contributed by atoms with Crippen molar-refractivity contribution in [3.8, 4) is 10.6 Å². The molecular weight excluding hydrogens is 256 g/mol. The second kappa shape index (κ2) is 6.48. The average Bonchev–Trinajstić information content (AvgIpc) is 2.98. The van der Waals surface area contributed by atoms with E-state index in [9.17, 15) is 4.79 Å². The third kappa shape index (κ3) is 3.41. The molecule has 0 spiro atoms. The van der Waals surface area contributed by atoms with Crippen molar-refractivity contribution < 1.29 is 4.79 Å². The first-order chi connectivity index (χ1) is 9.22. The molecule has 2 rings (SSSR count). The van der Waals surface area contributed by atoms with Crippen molar-refractivity contribution in [1.29, 1.82) is 0 Å². The molecule has 3 nitrogen and oxygen atoms in total. The third-order valence-corrected chi connectivity index (χ3v) is 3.87. The van der Waals surface area contributed by atoms with Gasteiger partial charge in [0.05, 0.1) is 16.1 Å². The Hall–Kier alpha value is -1.68. The number of nitrogens with zero attached hydrogens (tertiary/aromatic N) is 2. The average molecular weight is 274 g/mol. The zero-order valence-corrected chi connectivity index (χ0v) is 12.1. The van der Waals surface area contributed by atoms with Crippen LogP contribution in [0.15, 0.2) is 35.8 Å². The van der Waals surface area contributed by atoms with Gasteiger partial charge in [0.15, 0.2) is 0 Å². The third-order valence-electron chi connectivity index (χ3n) is 2.98. The molecule has 2 aromatic rings. The molecule has 100 valence electrons. The molecule has 19 heavy (non-hydrogen) atoms. The number of rotatable bonds is 5. The number of thiophene rings is 1. The fraction of sp³-hybridized carbons (Fsp3) is 0.333. The van der Waals surface area contributed by atoms with Crippen LogP contribution in [0.3, 0.4) is 0 Å². The Morgan fingerprint density at radius 2 is 2.21 bits per heavy atom. The van der Waals surface area contributed by atoms with E-state index in [0.717, 1.165) is 30.0 Å². The lowest BCUT2D eigenvalue weighted by Gasteiger charge is -2.16. The molecule has 1 amide bonds. The van der Waals surface area contributed by atoms with Gasteiger partial charge in [0.25, 0.3) is 5.91 Å². The molecule has 0 saturated carbocycles. The Bertz CT molecular complexity index is 520. The van der Waals surface area contributed by atoms with E-state index in [0.29, 0.717) is 5.56 Å². The first-order valence-electron chi connectivity index (χ1n) is 6.47. The quantitative estimate of drug-likeness (QED) is 0.833. The van der Waals surface area contributed by atoms with E-state index in [4.69, 9.17) is 0 Å². The molecule has 0 aliphatic rings. The van der Waals surface area contributed by atoms with Gasteiger partial charge in [0.2, 0.25) is 0 Å². The number of amides is 1. The molecule has 0 N–H and O–H groups in total. The van der Waals surface area contributed by atoms with Gasteiger partial charge in [-0.15, -0.1) is 11.3 Å². The lowest BCUT2D eigenvalue weighted by molar-refractivity contribution is 0.0793. The van der Waals surface area contributed by atoms with Crippen molar-refractivity contribution in [3.63, 3.8) is 0 Å².